The molecule has 1 aromatic carbocycles. The van der Waals surface area contributed by atoms with Crippen molar-refractivity contribution in [2.45, 2.75) is 39.0 Å². The lowest BCUT2D eigenvalue weighted by atomic mass is 10.1. The van der Waals surface area contributed by atoms with E-state index in [1.807, 2.05) is 0 Å². The van der Waals surface area contributed by atoms with Gasteiger partial charge in [-0.1, -0.05) is 38.0 Å². The van der Waals surface area contributed by atoms with E-state index in [-0.39, 0.29) is 11.7 Å². The molecule has 0 unspecified atom stereocenters. The van der Waals surface area contributed by atoms with E-state index in [2.05, 4.69) is 12.2 Å². The molecule has 1 N–H and O–H groups in total. The number of nitrogens with one attached hydrogen (secondary N) is 1. The highest BCUT2D eigenvalue weighted by atomic mass is 19.1. The standard InChI is InChI=1S/C14H20FNO/c1-2-3-6-11-16-14(17)10-9-12-7-4-5-8-13(12)15/h4-5,7-8H,2-3,6,9-11H2,1H3,(H,16,17). The van der Waals surface area contributed by atoms with Crippen LogP contribution in [0.2, 0.25) is 0 Å². The second kappa shape index (κ2) is 7.82. The van der Waals surface area contributed by atoms with E-state index in [0.29, 0.717) is 18.4 Å². The van der Waals surface area contributed by atoms with Crippen LogP contribution in [0.5, 0.6) is 0 Å². The molecule has 0 aromatic heterocycles. The Bertz CT molecular complexity index is 352. The molecule has 0 aliphatic rings. The maximum absolute atomic E-state index is 13.3. The number of halogens is 1. The predicted octanol–water partition coefficient (Wildman–Crippen LogP) is 3.06. The summed E-state index contributed by atoms with van der Waals surface area (Å²) in [5, 5.41) is 2.85. The first-order chi connectivity index (χ1) is 8.24. The van der Waals surface area contributed by atoms with E-state index in [4.69, 9.17) is 0 Å². The first-order valence-corrected chi connectivity index (χ1v) is 6.24. The van der Waals surface area contributed by atoms with Crippen molar-refractivity contribution >= 4 is 5.91 Å². The quantitative estimate of drug-likeness (QED) is 0.725. The molecule has 1 amide bonds. The average molecular weight is 237 g/mol. The van der Waals surface area contributed by atoms with Crippen molar-refractivity contribution in [1.82, 2.24) is 5.32 Å². The summed E-state index contributed by atoms with van der Waals surface area (Å²) >= 11 is 0. The van der Waals surface area contributed by atoms with Gasteiger partial charge in [-0.25, -0.2) is 4.39 Å². The smallest absolute Gasteiger partial charge is 0.220 e. The number of rotatable bonds is 7. The highest BCUT2D eigenvalue weighted by Gasteiger charge is 2.04. The maximum atomic E-state index is 13.3. The summed E-state index contributed by atoms with van der Waals surface area (Å²) in [6, 6.07) is 6.59. The lowest BCUT2D eigenvalue weighted by Crippen LogP contribution is -2.24. The molecule has 17 heavy (non-hydrogen) atoms. The van der Waals surface area contributed by atoms with E-state index >= 15 is 0 Å². The minimum Gasteiger partial charge on any atom is -0.356 e. The van der Waals surface area contributed by atoms with E-state index < -0.39 is 0 Å². The number of benzene rings is 1. The Morgan fingerprint density at radius 2 is 2.06 bits per heavy atom. The second-order valence-electron chi connectivity index (χ2n) is 4.15. The second-order valence-corrected chi connectivity index (χ2v) is 4.15. The van der Waals surface area contributed by atoms with Gasteiger partial charge in [0, 0.05) is 13.0 Å². The monoisotopic (exact) mass is 237 g/mol. The number of aryl methyl sites for hydroxylation is 1. The number of hydrogen-bond acceptors (Lipinski definition) is 1. The highest BCUT2D eigenvalue weighted by molar-refractivity contribution is 5.76. The van der Waals surface area contributed by atoms with Crippen LogP contribution in [0.1, 0.15) is 38.2 Å². The topological polar surface area (TPSA) is 29.1 Å². The van der Waals surface area contributed by atoms with Crippen LogP contribution in [0, 0.1) is 5.82 Å². The van der Waals surface area contributed by atoms with E-state index in [9.17, 15) is 9.18 Å². The van der Waals surface area contributed by atoms with Gasteiger partial charge in [-0.3, -0.25) is 4.79 Å². The van der Waals surface area contributed by atoms with Crippen LogP contribution >= 0.6 is 0 Å². The molecular formula is C14H20FNO. The Balaban J connectivity index is 2.22. The minimum absolute atomic E-state index is 0.00403. The zero-order valence-electron chi connectivity index (χ0n) is 10.3. The van der Waals surface area contributed by atoms with Crippen LogP contribution in [-0.4, -0.2) is 12.5 Å². The molecule has 1 rings (SSSR count). The number of carbonyl (C=O) groups is 1. The van der Waals surface area contributed by atoms with Gasteiger partial charge in [0.05, 0.1) is 0 Å². The van der Waals surface area contributed by atoms with Crippen molar-refractivity contribution in [3.63, 3.8) is 0 Å². The molecule has 0 spiro atoms. The summed E-state index contributed by atoms with van der Waals surface area (Å²) in [4.78, 5) is 11.5. The molecule has 0 fully saturated rings. The summed E-state index contributed by atoms with van der Waals surface area (Å²) < 4.78 is 13.3. The van der Waals surface area contributed by atoms with Crippen LogP contribution in [-0.2, 0) is 11.2 Å². The van der Waals surface area contributed by atoms with Crippen molar-refractivity contribution in [1.29, 1.82) is 0 Å². The summed E-state index contributed by atoms with van der Waals surface area (Å²) in [6.45, 7) is 2.85. The average Bonchev–Trinajstić information content (AvgIpc) is 2.34. The lowest BCUT2D eigenvalue weighted by Gasteiger charge is -2.05. The van der Waals surface area contributed by atoms with E-state index in [1.54, 1.807) is 18.2 Å². The first-order valence-electron chi connectivity index (χ1n) is 6.24. The first kappa shape index (κ1) is 13.7. The van der Waals surface area contributed by atoms with Gasteiger partial charge in [0.1, 0.15) is 5.82 Å². The third kappa shape index (κ3) is 5.48. The largest absolute Gasteiger partial charge is 0.356 e. The fourth-order valence-corrected chi connectivity index (χ4v) is 1.64. The normalized spacial score (nSPS) is 10.2. The molecular weight excluding hydrogens is 217 g/mol. The Labute approximate surface area is 102 Å². The summed E-state index contributed by atoms with van der Waals surface area (Å²) in [5.74, 6) is -0.226. The van der Waals surface area contributed by atoms with Gasteiger partial charge in [0.25, 0.3) is 0 Å². The van der Waals surface area contributed by atoms with E-state index in [0.717, 1.165) is 25.8 Å². The van der Waals surface area contributed by atoms with Gasteiger partial charge in [0.2, 0.25) is 5.91 Å². The van der Waals surface area contributed by atoms with Crippen LogP contribution in [0.3, 0.4) is 0 Å². The summed E-state index contributed by atoms with van der Waals surface area (Å²) in [7, 11) is 0. The third-order valence-electron chi connectivity index (χ3n) is 2.68. The molecule has 0 aliphatic heterocycles. The highest BCUT2D eigenvalue weighted by Crippen LogP contribution is 2.08. The summed E-state index contributed by atoms with van der Waals surface area (Å²) in [6.07, 6.45) is 4.11. The minimum atomic E-state index is -0.230. The molecule has 0 bridgehead atoms. The number of carbonyl (C=O) groups excluding carboxylic acids is 1. The molecule has 2 nitrogen and oxygen atoms in total. The van der Waals surface area contributed by atoms with Gasteiger partial charge in [-0.2, -0.15) is 0 Å². The van der Waals surface area contributed by atoms with Gasteiger partial charge in [-0.15, -0.1) is 0 Å². The number of amides is 1. The van der Waals surface area contributed by atoms with Crippen molar-refractivity contribution in [2.24, 2.45) is 0 Å². The van der Waals surface area contributed by atoms with Crippen molar-refractivity contribution in [3.05, 3.63) is 35.6 Å². The van der Waals surface area contributed by atoms with Crippen molar-refractivity contribution in [2.75, 3.05) is 6.54 Å². The summed E-state index contributed by atoms with van der Waals surface area (Å²) in [5.41, 5.74) is 0.608. The fraction of sp³-hybridized carbons (Fsp3) is 0.500. The Morgan fingerprint density at radius 3 is 2.76 bits per heavy atom. The molecule has 0 heterocycles. The van der Waals surface area contributed by atoms with E-state index in [1.165, 1.54) is 6.07 Å². The van der Waals surface area contributed by atoms with Crippen LogP contribution in [0.15, 0.2) is 24.3 Å². The van der Waals surface area contributed by atoms with Gasteiger partial charge < -0.3 is 5.32 Å². The molecule has 0 radical (unpaired) electrons. The maximum Gasteiger partial charge on any atom is 0.220 e. The Morgan fingerprint density at radius 1 is 1.29 bits per heavy atom. The van der Waals surface area contributed by atoms with Crippen molar-refractivity contribution in [3.8, 4) is 0 Å². The number of unbranched alkanes of at least 4 members (excludes halogenated alkanes) is 2. The molecule has 94 valence electrons. The fourth-order valence-electron chi connectivity index (χ4n) is 1.64. The van der Waals surface area contributed by atoms with Gasteiger partial charge in [0.15, 0.2) is 0 Å². The molecule has 1 aromatic rings. The SMILES string of the molecule is CCCCCNC(=O)CCc1ccccc1F. The Kier molecular flexibility index (Phi) is 6.30. The van der Waals surface area contributed by atoms with Gasteiger partial charge in [-0.05, 0) is 24.5 Å². The molecule has 3 heteroatoms. The third-order valence-corrected chi connectivity index (χ3v) is 2.68. The lowest BCUT2D eigenvalue weighted by molar-refractivity contribution is -0.121. The number of hydrogen-bond donors (Lipinski definition) is 1. The molecule has 0 saturated heterocycles. The zero-order chi connectivity index (χ0) is 12.5. The van der Waals surface area contributed by atoms with Crippen LogP contribution < -0.4 is 5.32 Å². The zero-order valence-corrected chi connectivity index (χ0v) is 10.3. The molecule has 0 aliphatic carbocycles. The van der Waals surface area contributed by atoms with Gasteiger partial charge >= 0.3 is 0 Å². The van der Waals surface area contributed by atoms with Crippen LogP contribution in [0.4, 0.5) is 4.39 Å². The predicted molar refractivity (Wildman–Crippen MR) is 67.3 cm³/mol. The van der Waals surface area contributed by atoms with Crippen molar-refractivity contribution < 1.29 is 9.18 Å². The Hall–Kier alpha value is -1.38. The molecule has 0 saturated carbocycles. The van der Waals surface area contributed by atoms with Crippen LogP contribution in [0.25, 0.3) is 0 Å². The molecule has 0 atom stereocenters.